The minimum Gasteiger partial charge on any atom is -0.296 e. The largest absolute Gasteiger partial charge is 0.328 e. The highest BCUT2D eigenvalue weighted by Gasteiger charge is 2.25. The minimum atomic E-state index is 0.0178. The van der Waals surface area contributed by atoms with Crippen molar-refractivity contribution < 1.29 is 0 Å². The summed E-state index contributed by atoms with van der Waals surface area (Å²) in [6.45, 7) is 0.433. The standard InChI is InChI=1S/C11H11ClN4O/c12-10-4-1-8(13-14-10)7-15-5-6-16(11(15)17)9-2-3-9/h1,4-6,9H,2-3,7H2. The molecule has 1 fully saturated rings. The van der Waals surface area contributed by atoms with E-state index >= 15 is 0 Å². The van der Waals surface area contributed by atoms with Gasteiger partial charge in [-0.25, -0.2) is 4.79 Å². The SMILES string of the molecule is O=c1n(Cc2ccc(Cl)nn2)ccn1C1CC1. The molecule has 0 unspecified atom stereocenters. The molecule has 1 aliphatic carbocycles. The minimum absolute atomic E-state index is 0.0178. The van der Waals surface area contributed by atoms with Crippen LogP contribution in [0.1, 0.15) is 24.6 Å². The molecule has 0 saturated heterocycles. The van der Waals surface area contributed by atoms with Gasteiger partial charge in [0, 0.05) is 18.4 Å². The number of aromatic nitrogens is 4. The summed E-state index contributed by atoms with van der Waals surface area (Å²) in [7, 11) is 0. The number of hydrogen-bond donors (Lipinski definition) is 0. The zero-order chi connectivity index (χ0) is 11.8. The molecule has 2 aromatic heterocycles. The normalized spacial score (nSPS) is 15.1. The maximum atomic E-state index is 12.0. The summed E-state index contributed by atoms with van der Waals surface area (Å²) in [6, 6.07) is 3.85. The second kappa shape index (κ2) is 4.00. The second-order valence-electron chi connectivity index (χ2n) is 4.19. The maximum absolute atomic E-state index is 12.0. The average Bonchev–Trinajstić information content (AvgIpc) is 3.10. The Kier molecular flexibility index (Phi) is 2.48. The van der Waals surface area contributed by atoms with Crippen LogP contribution < -0.4 is 5.69 Å². The van der Waals surface area contributed by atoms with Crippen LogP contribution in [0.3, 0.4) is 0 Å². The van der Waals surface area contributed by atoms with Gasteiger partial charge in [-0.1, -0.05) is 11.6 Å². The fraction of sp³-hybridized carbons (Fsp3) is 0.364. The van der Waals surface area contributed by atoms with Crippen LogP contribution in [-0.4, -0.2) is 19.3 Å². The molecule has 0 amide bonds. The maximum Gasteiger partial charge on any atom is 0.328 e. The van der Waals surface area contributed by atoms with Crippen molar-refractivity contribution in [2.45, 2.75) is 25.4 Å². The molecule has 17 heavy (non-hydrogen) atoms. The van der Waals surface area contributed by atoms with Crippen molar-refractivity contribution in [3.63, 3.8) is 0 Å². The van der Waals surface area contributed by atoms with Crippen LogP contribution in [0.15, 0.2) is 29.3 Å². The van der Waals surface area contributed by atoms with Gasteiger partial charge in [-0.05, 0) is 25.0 Å². The predicted molar refractivity (Wildman–Crippen MR) is 63.1 cm³/mol. The molecule has 0 N–H and O–H groups in total. The lowest BCUT2D eigenvalue weighted by Gasteiger charge is -2.00. The molecule has 0 bridgehead atoms. The lowest BCUT2D eigenvalue weighted by Crippen LogP contribution is -2.24. The molecular weight excluding hydrogens is 240 g/mol. The van der Waals surface area contributed by atoms with Gasteiger partial charge in [0.1, 0.15) is 0 Å². The highest BCUT2D eigenvalue weighted by atomic mass is 35.5. The molecular formula is C11H11ClN4O. The van der Waals surface area contributed by atoms with Gasteiger partial charge >= 0.3 is 5.69 Å². The quantitative estimate of drug-likeness (QED) is 0.829. The van der Waals surface area contributed by atoms with Crippen molar-refractivity contribution in [2.24, 2.45) is 0 Å². The molecule has 0 spiro atoms. The van der Waals surface area contributed by atoms with E-state index in [-0.39, 0.29) is 5.69 Å². The lowest BCUT2D eigenvalue weighted by atomic mass is 10.4. The van der Waals surface area contributed by atoms with E-state index in [2.05, 4.69) is 10.2 Å². The Hall–Kier alpha value is -1.62. The van der Waals surface area contributed by atoms with E-state index in [0.29, 0.717) is 17.7 Å². The molecule has 0 radical (unpaired) electrons. The van der Waals surface area contributed by atoms with E-state index in [1.807, 2.05) is 6.20 Å². The van der Waals surface area contributed by atoms with Crippen LogP contribution in [0.2, 0.25) is 5.15 Å². The van der Waals surface area contributed by atoms with Crippen molar-refractivity contribution >= 4 is 11.6 Å². The predicted octanol–water partition coefficient (Wildman–Crippen LogP) is 1.48. The fourth-order valence-corrected chi connectivity index (χ4v) is 1.88. The van der Waals surface area contributed by atoms with Crippen molar-refractivity contribution in [1.82, 2.24) is 19.3 Å². The average molecular weight is 251 g/mol. The van der Waals surface area contributed by atoms with Crippen LogP contribution in [-0.2, 0) is 6.54 Å². The lowest BCUT2D eigenvalue weighted by molar-refractivity contribution is 0.647. The molecule has 0 aliphatic heterocycles. The molecule has 0 aromatic carbocycles. The van der Waals surface area contributed by atoms with Crippen molar-refractivity contribution in [1.29, 1.82) is 0 Å². The third-order valence-corrected chi connectivity index (χ3v) is 3.04. The second-order valence-corrected chi connectivity index (χ2v) is 4.58. The van der Waals surface area contributed by atoms with Gasteiger partial charge in [0.05, 0.1) is 12.2 Å². The molecule has 2 aromatic rings. The summed E-state index contributed by atoms with van der Waals surface area (Å²) in [5.74, 6) is 0. The van der Waals surface area contributed by atoms with Crippen molar-refractivity contribution in [2.75, 3.05) is 0 Å². The summed E-state index contributed by atoms with van der Waals surface area (Å²) >= 11 is 5.65. The summed E-state index contributed by atoms with van der Waals surface area (Å²) in [6.07, 6.45) is 5.83. The Morgan fingerprint density at radius 2 is 2.12 bits per heavy atom. The topological polar surface area (TPSA) is 52.7 Å². The van der Waals surface area contributed by atoms with Crippen molar-refractivity contribution in [3.05, 3.63) is 45.9 Å². The van der Waals surface area contributed by atoms with Gasteiger partial charge in [-0.15, -0.1) is 5.10 Å². The molecule has 2 heterocycles. The summed E-state index contributed by atoms with van der Waals surface area (Å²) in [5.41, 5.74) is 0.745. The van der Waals surface area contributed by atoms with Crippen LogP contribution >= 0.6 is 11.6 Å². The van der Waals surface area contributed by atoms with Gasteiger partial charge < -0.3 is 0 Å². The van der Waals surface area contributed by atoms with E-state index < -0.39 is 0 Å². The van der Waals surface area contributed by atoms with Gasteiger partial charge in [-0.3, -0.25) is 9.13 Å². The Labute approximate surface area is 103 Å². The van der Waals surface area contributed by atoms with E-state index in [1.165, 1.54) is 0 Å². The summed E-state index contributed by atoms with van der Waals surface area (Å²) in [5, 5.41) is 8.04. The Bertz CT molecular complexity index is 582. The highest BCUT2D eigenvalue weighted by Crippen LogP contribution is 2.33. The first-order valence-corrected chi connectivity index (χ1v) is 5.87. The molecule has 0 atom stereocenters. The molecule has 1 saturated carbocycles. The van der Waals surface area contributed by atoms with Crippen molar-refractivity contribution in [3.8, 4) is 0 Å². The molecule has 3 rings (SSSR count). The molecule has 1 aliphatic rings. The fourth-order valence-electron chi connectivity index (χ4n) is 1.78. The third-order valence-electron chi connectivity index (χ3n) is 2.83. The number of rotatable bonds is 3. The van der Waals surface area contributed by atoms with Crippen LogP contribution in [0.4, 0.5) is 0 Å². The van der Waals surface area contributed by atoms with E-state index in [9.17, 15) is 4.79 Å². The Balaban J connectivity index is 1.85. The number of nitrogens with zero attached hydrogens (tertiary/aromatic N) is 4. The number of halogens is 1. The first-order chi connectivity index (χ1) is 8.24. The molecule has 5 nitrogen and oxygen atoms in total. The summed E-state index contributed by atoms with van der Waals surface area (Å²) < 4.78 is 3.42. The smallest absolute Gasteiger partial charge is 0.296 e. The monoisotopic (exact) mass is 250 g/mol. The van der Waals surface area contributed by atoms with Gasteiger partial charge in [-0.2, -0.15) is 5.10 Å². The molecule has 88 valence electrons. The van der Waals surface area contributed by atoms with Crippen LogP contribution in [0.25, 0.3) is 0 Å². The first-order valence-electron chi connectivity index (χ1n) is 5.49. The number of imidazole rings is 1. The van der Waals surface area contributed by atoms with Crippen LogP contribution in [0.5, 0.6) is 0 Å². The van der Waals surface area contributed by atoms with Gasteiger partial charge in [0.25, 0.3) is 0 Å². The van der Waals surface area contributed by atoms with Crippen LogP contribution in [0, 0.1) is 0 Å². The zero-order valence-electron chi connectivity index (χ0n) is 9.08. The van der Waals surface area contributed by atoms with Gasteiger partial charge in [0.15, 0.2) is 5.15 Å². The highest BCUT2D eigenvalue weighted by molar-refractivity contribution is 6.29. The number of hydrogen-bond acceptors (Lipinski definition) is 3. The molecule has 6 heteroatoms. The summed E-state index contributed by atoms with van der Waals surface area (Å²) in [4.78, 5) is 12.0. The Morgan fingerprint density at radius 3 is 2.76 bits per heavy atom. The Morgan fingerprint density at radius 1 is 1.29 bits per heavy atom. The third kappa shape index (κ3) is 2.10. The van der Waals surface area contributed by atoms with E-state index in [0.717, 1.165) is 18.5 Å². The first kappa shape index (κ1) is 10.5. The van der Waals surface area contributed by atoms with E-state index in [4.69, 9.17) is 11.6 Å². The van der Waals surface area contributed by atoms with Gasteiger partial charge in [0.2, 0.25) is 0 Å². The zero-order valence-corrected chi connectivity index (χ0v) is 9.84. The van der Waals surface area contributed by atoms with E-state index in [1.54, 1.807) is 27.5 Å².